The van der Waals surface area contributed by atoms with Gasteiger partial charge in [-0.25, -0.2) is 0 Å². The molecule has 0 aliphatic carbocycles. The normalized spacial score (nSPS) is 9.70. The molecule has 0 saturated heterocycles. The fourth-order valence-corrected chi connectivity index (χ4v) is 0.715. The average Bonchev–Trinajstić information content (AvgIpc) is 2.33. The molecule has 2 N–H and O–H groups in total. The third-order valence-corrected chi connectivity index (χ3v) is 1.24. The topological polar surface area (TPSA) is 69.1 Å². The maximum Gasteiger partial charge on any atom is 0.253 e. The van der Waals surface area contributed by atoms with E-state index in [9.17, 15) is 4.79 Å². The first kappa shape index (κ1) is 6.80. The van der Waals surface area contributed by atoms with Gasteiger partial charge in [0, 0.05) is 0 Å². The fourth-order valence-electron chi connectivity index (χ4n) is 0.715. The second-order valence-corrected chi connectivity index (χ2v) is 1.89. The van der Waals surface area contributed by atoms with Gasteiger partial charge in [-0.1, -0.05) is 12.1 Å². The van der Waals surface area contributed by atoms with Gasteiger partial charge < -0.3 is 10.3 Å². The summed E-state index contributed by atoms with van der Waals surface area (Å²) in [6.45, 7) is 1.88. The first-order valence-electron chi connectivity index (χ1n) is 2.98. The molecule has 0 radical (unpaired) electrons. The van der Waals surface area contributed by atoms with E-state index in [2.05, 4.69) is 9.68 Å². The summed E-state index contributed by atoms with van der Waals surface area (Å²) < 4.78 is 4.55. The lowest BCUT2D eigenvalue weighted by Gasteiger charge is -1.88. The van der Waals surface area contributed by atoms with E-state index in [-0.39, 0.29) is 0 Å². The van der Waals surface area contributed by atoms with E-state index >= 15 is 0 Å². The van der Waals surface area contributed by atoms with Crippen LogP contribution in [0.25, 0.3) is 0 Å². The Labute approximate surface area is 58.0 Å². The van der Waals surface area contributed by atoms with Crippen molar-refractivity contribution < 1.29 is 9.32 Å². The van der Waals surface area contributed by atoms with E-state index in [1.54, 1.807) is 0 Å². The minimum absolute atomic E-state index is 0.377. The molecule has 0 atom stereocenters. The second kappa shape index (κ2) is 2.51. The predicted molar refractivity (Wildman–Crippen MR) is 34.4 cm³/mol. The largest absolute Gasteiger partial charge is 0.365 e. The number of carbonyl (C=O) groups is 1. The van der Waals surface area contributed by atoms with Crippen LogP contribution in [0.3, 0.4) is 0 Å². The van der Waals surface area contributed by atoms with Crippen LogP contribution in [0.1, 0.15) is 23.0 Å². The van der Waals surface area contributed by atoms with Gasteiger partial charge in [-0.2, -0.15) is 0 Å². The molecule has 1 aromatic heterocycles. The molecular weight excluding hydrogens is 132 g/mol. The van der Waals surface area contributed by atoms with Gasteiger partial charge in [0.1, 0.15) is 11.8 Å². The Bertz CT molecular complexity index is 242. The van der Waals surface area contributed by atoms with Crippen molar-refractivity contribution in [3.05, 3.63) is 17.5 Å². The predicted octanol–water partition coefficient (Wildman–Crippen LogP) is 0.336. The maximum absolute atomic E-state index is 10.6. The van der Waals surface area contributed by atoms with E-state index in [4.69, 9.17) is 5.73 Å². The first-order chi connectivity index (χ1) is 4.75. The lowest BCUT2D eigenvalue weighted by molar-refractivity contribution is 0.0999. The summed E-state index contributed by atoms with van der Waals surface area (Å²) in [7, 11) is 0. The third-order valence-electron chi connectivity index (χ3n) is 1.24. The Morgan fingerprint density at radius 3 is 3.00 bits per heavy atom. The van der Waals surface area contributed by atoms with Crippen molar-refractivity contribution >= 4 is 5.91 Å². The van der Waals surface area contributed by atoms with Crippen molar-refractivity contribution in [1.29, 1.82) is 0 Å². The van der Waals surface area contributed by atoms with Crippen LogP contribution in [0, 0.1) is 0 Å². The molecule has 0 saturated carbocycles. The maximum atomic E-state index is 10.6. The number of rotatable bonds is 2. The van der Waals surface area contributed by atoms with Crippen LogP contribution in [-0.4, -0.2) is 11.1 Å². The number of aryl methyl sites for hydroxylation is 1. The molecule has 1 amide bonds. The number of carbonyl (C=O) groups excluding carboxylic acids is 1. The molecule has 0 aliphatic heterocycles. The molecule has 54 valence electrons. The minimum atomic E-state index is -0.488. The number of nitrogens with two attached hydrogens (primary N) is 1. The molecule has 0 aliphatic rings. The molecule has 1 rings (SSSR count). The summed E-state index contributed by atoms with van der Waals surface area (Å²) in [4.78, 5) is 10.6. The van der Waals surface area contributed by atoms with Crippen LogP contribution in [0.2, 0.25) is 0 Å². The van der Waals surface area contributed by atoms with E-state index in [0.29, 0.717) is 17.7 Å². The van der Waals surface area contributed by atoms with Gasteiger partial charge >= 0.3 is 0 Å². The van der Waals surface area contributed by atoms with Crippen molar-refractivity contribution in [3.63, 3.8) is 0 Å². The van der Waals surface area contributed by atoms with E-state index < -0.39 is 5.91 Å². The monoisotopic (exact) mass is 140 g/mol. The summed E-state index contributed by atoms with van der Waals surface area (Å²) in [6, 6.07) is 0. The molecule has 4 nitrogen and oxygen atoms in total. The van der Waals surface area contributed by atoms with Crippen molar-refractivity contribution in [3.8, 4) is 0 Å². The van der Waals surface area contributed by atoms with Gasteiger partial charge in [-0.3, -0.25) is 4.79 Å². The van der Waals surface area contributed by atoms with E-state index in [0.717, 1.165) is 0 Å². The zero-order valence-electron chi connectivity index (χ0n) is 5.63. The molecule has 1 aromatic rings. The minimum Gasteiger partial charge on any atom is -0.365 e. The highest BCUT2D eigenvalue weighted by molar-refractivity contribution is 5.93. The van der Waals surface area contributed by atoms with Crippen molar-refractivity contribution in [2.75, 3.05) is 0 Å². The van der Waals surface area contributed by atoms with Crippen LogP contribution in [-0.2, 0) is 6.42 Å². The third kappa shape index (κ3) is 1.00. The number of hydrogen-bond donors (Lipinski definition) is 1. The molecule has 4 heteroatoms. The Kier molecular flexibility index (Phi) is 1.71. The van der Waals surface area contributed by atoms with Gasteiger partial charge in [0.05, 0.1) is 5.69 Å². The number of hydrogen-bond acceptors (Lipinski definition) is 3. The summed E-state index contributed by atoms with van der Waals surface area (Å²) >= 11 is 0. The van der Waals surface area contributed by atoms with Gasteiger partial charge in [-0.05, 0) is 6.42 Å². The zero-order valence-corrected chi connectivity index (χ0v) is 5.63. The molecule has 0 bridgehead atoms. The van der Waals surface area contributed by atoms with Crippen molar-refractivity contribution in [2.45, 2.75) is 13.3 Å². The van der Waals surface area contributed by atoms with Crippen molar-refractivity contribution in [2.24, 2.45) is 5.73 Å². The Morgan fingerprint density at radius 1 is 1.90 bits per heavy atom. The molecule has 0 unspecified atom stereocenters. The molecule has 1 heterocycles. The summed E-state index contributed by atoms with van der Waals surface area (Å²) in [5, 5.41) is 3.58. The van der Waals surface area contributed by atoms with E-state index in [1.807, 2.05) is 6.92 Å². The lowest BCUT2D eigenvalue weighted by Crippen LogP contribution is -2.11. The highest BCUT2D eigenvalue weighted by Gasteiger charge is 2.09. The van der Waals surface area contributed by atoms with Gasteiger partial charge in [-0.15, -0.1) is 0 Å². The average molecular weight is 140 g/mol. The molecule has 0 aromatic carbocycles. The van der Waals surface area contributed by atoms with Crippen LogP contribution in [0.5, 0.6) is 0 Å². The molecular formula is C6H8N2O2. The van der Waals surface area contributed by atoms with Gasteiger partial charge in [0.15, 0.2) is 0 Å². The van der Waals surface area contributed by atoms with Crippen LogP contribution in [0.4, 0.5) is 0 Å². The number of primary amides is 1. The molecule has 0 spiro atoms. The highest BCUT2D eigenvalue weighted by atomic mass is 16.5. The van der Waals surface area contributed by atoms with Gasteiger partial charge in [0.25, 0.3) is 5.91 Å². The fraction of sp³-hybridized carbons (Fsp3) is 0.333. The summed E-state index contributed by atoms with van der Waals surface area (Å²) in [5.41, 5.74) is 5.99. The number of nitrogens with zero attached hydrogens (tertiary/aromatic N) is 1. The standard InChI is InChI=1S/C6H8N2O2/c1-2-5-4(6(7)9)3-10-8-5/h3H,2H2,1H3,(H2,7,9). The highest BCUT2D eigenvalue weighted by Crippen LogP contribution is 2.05. The lowest BCUT2D eigenvalue weighted by atomic mass is 10.2. The second-order valence-electron chi connectivity index (χ2n) is 1.89. The van der Waals surface area contributed by atoms with Crippen LogP contribution < -0.4 is 5.73 Å². The molecule has 10 heavy (non-hydrogen) atoms. The van der Waals surface area contributed by atoms with Gasteiger partial charge in [0.2, 0.25) is 0 Å². The van der Waals surface area contributed by atoms with Crippen molar-refractivity contribution in [1.82, 2.24) is 5.16 Å². The smallest absolute Gasteiger partial charge is 0.253 e. The summed E-state index contributed by atoms with van der Waals surface area (Å²) in [6.07, 6.45) is 1.93. The Hall–Kier alpha value is -1.32. The quantitative estimate of drug-likeness (QED) is 0.643. The number of amides is 1. The Balaban J connectivity index is 3.01. The van der Waals surface area contributed by atoms with Crippen LogP contribution >= 0.6 is 0 Å². The SMILES string of the molecule is CCc1nocc1C(N)=O. The first-order valence-corrected chi connectivity index (χ1v) is 2.98. The van der Waals surface area contributed by atoms with Crippen LogP contribution in [0.15, 0.2) is 10.8 Å². The Morgan fingerprint density at radius 2 is 2.60 bits per heavy atom. The molecule has 0 fully saturated rings. The number of aromatic nitrogens is 1. The zero-order chi connectivity index (χ0) is 7.56. The van der Waals surface area contributed by atoms with E-state index in [1.165, 1.54) is 6.26 Å². The summed E-state index contributed by atoms with van der Waals surface area (Å²) in [5.74, 6) is -0.488.